The number of carbonyl (C=O) groups excluding carboxylic acids is 2. The minimum absolute atomic E-state index is 0.162. The summed E-state index contributed by atoms with van der Waals surface area (Å²) < 4.78 is 5.22. The van der Waals surface area contributed by atoms with Crippen molar-refractivity contribution in [2.45, 2.75) is 50.6 Å². The van der Waals surface area contributed by atoms with Gasteiger partial charge in [-0.2, -0.15) is 4.98 Å². The average Bonchev–Trinajstić information content (AvgIpc) is 2.81. The number of anilines is 1. The van der Waals surface area contributed by atoms with Gasteiger partial charge in [0.15, 0.2) is 5.16 Å². The Bertz CT molecular complexity index is 954. The lowest BCUT2D eigenvalue weighted by Gasteiger charge is -2.08. The standard InChI is InChI=1S/C19H23N3O5S2/c1-2-27-18(26)16-11-6-4-3-5-7-12(11)29-17(16)20-13(23)8-9-28-19-21-14(24)10-15(25)22-19/h10H,2-9H2,1H3,(H,20,23)(H2,21,22,24,25). The Kier molecular flexibility index (Phi) is 7.32. The largest absolute Gasteiger partial charge is 0.493 e. The summed E-state index contributed by atoms with van der Waals surface area (Å²) in [6, 6.07) is 0.981. The van der Waals surface area contributed by atoms with Crippen LogP contribution in [0.25, 0.3) is 0 Å². The molecular formula is C19H23N3O5S2. The van der Waals surface area contributed by atoms with E-state index < -0.39 is 11.5 Å². The minimum Gasteiger partial charge on any atom is -0.493 e. The number of ether oxygens (including phenoxy) is 1. The number of amides is 1. The maximum absolute atomic E-state index is 12.5. The summed E-state index contributed by atoms with van der Waals surface area (Å²) in [4.78, 5) is 43.7. The summed E-state index contributed by atoms with van der Waals surface area (Å²) in [6.07, 6.45) is 5.13. The fourth-order valence-corrected chi connectivity index (χ4v) is 5.28. The van der Waals surface area contributed by atoms with Crippen molar-refractivity contribution in [2.24, 2.45) is 0 Å². The summed E-state index contributed by atoms with van der Waals surface area (Å²) in [5.41, 5.74) is 1.05. The molecule has 3 rings (SSSR count). The van der Waals surface area contributed by atoms with Gasteiger partial charge in [0.05, 0.1) is 18.2 Å². The molecule has 0 atom stereocenters. The zero-order valence-corrected chi connectivity index (χ0v) is 17.7. The molecule has 0 bridgehead atoms. The van der Waals surface area contributed by atoms with E-state index in [2.05, 4.69) is 15.3 Å². The number of thiophene rings is 1. The van der Waals surface area contributed by atoms with Crippen LogP contribution in [-0.4, -0.2) is 39.3 Å². The molecule has 10 heteroatoms. The zero-order chi connectivity index (χ0) is 20.8. The van der Waals surface area contributed by atoms with Gasteiger partial charge in [-0.3, -0.25) is 9.59 Å². The molecule has 1 amide bonds. The molecule has 2 heterocycles. The molecule has 8 nitrogen and oxygen atoms in total. The first kappa shape index (κ1) is 21.4. The lowest BCUT2D eigenvalue weighted by atomic mass is 10.1. The number of aromatic amines is 1. The molecule has 0 unspecified atom stereocenters. The number of hydrogen-bond acceptors (Lipinski definition) is 8. The molecule has 0 saturated heterocycles. The summed E-state index contributed by atoms with van der Waals surface area (Å²) in [7, 11) is 0. The van der Waals surface area contributed by atoms with Gasteiger partial charge in [0.25, 0.3) is 5.56 Å². The van der Waals surface area contributed by atoms with Gasteiger partial charge in [-0.15, -0.1) is 11.3 Å². The highest BCUT2D eigenvalue weighted by atomic mass is 32.2. The molecule has 3 N–H and O–H groups in total. The number of fused-ring (bicyclic) bond motifs is 1. The SMILES string of the molecule is CCOC(=O)c1c(NC(=O)CCSc2nc(O)cc(=O)[nH]2)sc2c1CCCCC2. The number of hydrogen-bond donors (Lipinski definition) is 3. The average molecular weight is 438 g/mol. The van der Waals surface area contributed by atoms with Crippen molar-refractivity contribution in [1.29, 1.82) is 0 Å². The maximum Gasteiger partial charge on any atom is 0.341 e. The number of thioether (sulfide) groups is 1. The fraction of sp³-hybridized carbons (Fsp3) is 0.474. The van der Waals surface area contributed by atoms with Crippen LogP contribution < -0.4 is 10.9 Å². The number of carbonyl (C=O) groups is 2. The van der Waals surface area contributed by atoms with E-state index in [1.165, 1.54) is 11.3 Å². The summed E-state index contributed by atoms with van der Waals surface area (Å²) in [6.45, 7) is 2.04. The molecule has 29 heavy (non-hydrogen) atoms. The molecule has 0 spiro atoms. The van der Waals surface area contributed by atoms with Crippen molar-refractivity contribution < 1.29 is 19.4 Å². The van der Waals surface area contributed by atoms with Crippen molar-refractivity contribution in [1.82, 2.24) is 9.97 Å². The van der Waals surface area contributed by atoms with Gasteiger partial charge in [0, 0.05) is 17.1 Å². The van der Waals surface area contributed by atoms with Gasteiger partial charge in [-0.25, -0.2) is 4.79 Å². The quantitative estimate of drug-likeness (QED) is 0.263. The van der Waals surface area contributed by atoms with Crippen LogP contribution >= 0.6 is 23.1 Å². The van der Waals surface area contributed by atoms with Crippen LogP contribution in [0, 0.1) is 0 Å². The second-order valence-electron chi connectivity index (χ2n) is 6.54. The van der Waals surface area contributed by atoms with Crippen molar-refractivity contribution in [3.8, 4) is 5.88 Å². The van der Waals surface area contributed by atoms with Gasteiger partial charge in [0.1, 0.15) is 5.00 Å². The van der Waals surface area contributed by atoms with Crippen molar-refractivity contribution in [3.63, 3.8) is 0 Å². The molecule has 0 saturated carbocycles. The van der Waals surface area contributed by atoms with Gasteiger partial charge < -0.3 is 20.1 Å². The van der Waals surface area contributed by atoms with Gasteiger partial charge in [0.2, 0.25) is 11.8 Å². The molecule has 0 aliphatic heterocycles. The predicted octanol–water partition coefficient (Wildman–Crippen LogP) is 3.10. The van der Waals surface area contributed by atoms with Crippen molar-refractivity contribution in [2.75, 3.05) is 17.7 Å². The highest BCUT2D eigenvalue weighted by molar-refractivity contribution is 7.99. The van der Waals surface area contributed by atoms with Crippen LogP contribution in [-0.2, 0) is 22.4 Å². The monoisotopic (exact) mass is 437 g/mol. The molecular weight excluding hydrogens is 414 g/mol. The number of aryl methyl sites for hydroxylation is 1. The Balaban J connectivity index is 1.67. The smallest absolute Gasteiger partial charge is 0.341 e. The van der Waals surface area contributed by atoms with E-state index >= 15 is 0 Å². The van der Waals surface area contributed by atoms with Crippen molar-refractivity contribution in [3.05, 3.63) is 32.4 Å². The van der Waals surface area contributed by atoms with Crippen LogP contribution in [0.2, 0.25) is 0 Å². The van der Waals surface area contributed by atoms with E-state index in [-0.39, 0.29) is 30.0 Å². The number of nitrogens with zero attached hydrogens (tertiary/aromatic N) is 1. The van der Waals surface area contributed by atoms with E-state index in [0.717, 1.165) is 60.4 Å². The van der Waals surface area contributed by atoms with Crippen LogP contribution in [0.15, 0.2) is 16.0 Å². The molecule has 1 aliphatic carbocycles. The molecule has 0 radical (unpaired) electrons. The minimum atomic E-state index is -0.455. The zero-order valence-electron chi connectivity index (χ0n) is 16.1. The molecule has 0 aromatic carbocycles. The van der Waals surface area contributed by atoms with Gasteiger partial charge in [-0.05, 0) is 38.2 Å². The topological polar surface area (TPSA) is 121 Å². The Morgan fingerprint density at radius 2 is 2.14 bits per heavy atom. The summed E-state index contributed by atoms with van der Waals surface area (Å²) in [5.74, 6) is -0.627. The van der Waals surface area contributed by atoms with Crippen molar-refractivity contribution >= 4 is 40.0 Å². The third kappa shape index (κ3) is 5.60. The van der Waals surface area contributed by atoms with E-state index in [1.807, 2.05) is 0 Å². The van der Waals surface area contributed by atoms with Crippen LogP contribution in [0.5, 0.6) is 5.88 Å². The van der Waals surface area contributed by atoms with Crippen LogP contribution in [0.3, 0.4) is 0 Å². The lowest BCUT2D eigenvalue weighted by Crippen LogP contribution is -2.15. The first-order valence-electron chi connectivity index (χ1n) is 9.52. The molecule has 2 aromatic rings. The third-order valence-electron chi connectivity index (χ3n) is 4.43. The Morgan fingerprint density at radius 3 is 2.90 bits per heavy atom. The first-order valence-corrected chi connectivity index (χ1v) is 11.3. The maximum atomic E-state index is 12.5. The van der Waals surface area contributed by atoms with Crippen LogP contribution in [0.1, 0.15) is 53.4 Å². The highest BCUT2D eigenvalue weighted by Gasteiger charge is 2.26. The number of H-pyrrole nitrogens is 1. The lowest BCUT2D eigenvalue weighted by molar-refractivity contribution is -0.115. The highest BCUT2D eigenvalue weighted by Crippen LogP contribution is 2.38. The summed E-state index contributed by atoms with van der Waals surface area (Å²) in [5, 5.41) is 13.0. The number of esters is 1. The fourth-order valence-electron chi connectivity index (χ4n) is 3.17. The number of rotatable bonds is 7. The number of aromatic nitrogens is 2. The van der Waals surface area contributed by atoms with Gasteiger partial charge in [-0.1, -0.05) is 18.2 Å². The number of aromatic hydroxyl groups is 1. The molecule has 0 fully saturated rings. The second kappa shape index (κ2) is 9.93. The predicted molar refractivity (Wildman–Crippen MR) is 112 cm³/mol. The van der Waals surface area contributed by atoms with E-state index in [0.29, 0.717) is 16.3 Å². The van der Waals surface area contributed by atoms with Gasteiger partial charge >= 0.3 is 5.97 Å². The normalized spacial score (nSPS) is 13.4. The van der Waals surface area contributed by atoms with E-state index in [9.17, 15) is 19.5 Å². The van der Waals surface area contributed by atoms with E-state index in [1.54, 1.807) is 6.92 Å². The first-order chi connectivity index (χ1) is 14.0. The van der Waals surface area contributed by atoms with Crippen LogP contribution in [0.4, 0.5) is 5.00 Å². The molecule has 2 aromatic heterocycles. The molecule has 1 aliphatic rings. The van der Waals surface area contributed by atoms with E-state index in [4.69, 9.17) is 4.74 Å². The number of nitrogens with one attached hydrogen (secondary N) is 2. The summed E-state index contributed by atoms with van der Waals surface area (Å²) >= 11 is 2.62. The Labute approximate surface area is 176 Å². The molecule has 156 valence electrons. The Morgan fingerprint density at radius 1 is 1.34 bits per heavy atom. The third-order valence-corrected chi connectivity index (χ3v) is 6.51. The Hall–Kier alpha value is -2.33. The second-order valence-corrected chi connectivity index (χ2v) is 8.73.